The second kappa shape index (κ2) is 8.96. The smallest absolute Gasteiger partial charge is 0.233 e. The summed E-state index contributed by atoms with van der Waals surface area (Å²) in [4.78, 5) is 23.0. The van der Waals surface area contributed by atoms with E-state index in [1.54, 1.807) is 23.1 Å². The molecule has 6 nitrogen and oxygen atoms in total. The maximum Gasteiger partial charge on any atom is 0.233 e. The zero-order valence-corrected chi connectivity index (χ0v) is 19.8. The van der Waals surface area contributed by atoms with Gasteiger partial charge in [-0.05, 0) is 38.1 Å². The lowest BCUT2D eigenvalue weighted by molar-refractivity contribution is -0.128. The molecule has 0 unspecified atom stereocenters. The molecule has 1 aliphatic heterocycles. The molecular weight excluding hydrogens is 438 g/mol. The number of rotatable bonds is 5. The number of thiazole rings is 1. The minimum absolute atomic E-state index is 0.202. The SMILES string of the molecule is Cc1ccc(-n2nc(C)c3sc(N4CCN(C(=O)CSc5ccccc5)CC4)nc32)cc1. The van der Waals surface area contributed by atoms with Gasteiger partial charge in [-0.15, -0.1) is 11.8 Å². The lowest BCUT2D eigenvalue weighted by Gasteiger charge is -2.34. The van der Waals surface area contributed by atoms with E-state index in [4.69, 9.17) is 10.1 Å². The fraction of sp³-hybridized carbons (Fsp3) is 0.292. The third-order valence-corrected chi connectivity index (χ3v) is 7.88. The molecule has 8 heteroatoms. The van der Waals surface area contributed by atoms with Gasteiger partial charge in [-0.3, -0.25) is 4.79 Å². The summed E-state index contributed by atoms with van der Waals surface area (Å²) in [6, 6.07) is 18.4. The van der Waals surface area contributed by atoms with Crippen molar-refractivity contribution in [3.05, 3.63) is 65.9 Å². The molecule has 0 atom stereocenters. The Morgan fingerprint density at radius 2 is 1.72 bits per heavy atom. The number of fused-ring (bicyclic) bond motifs is 1. The predicted octanol–water partition coefficient (Wildman–Crippen LogP) is 4.54. The minimum Gasteiger partial charge on any atom is -0.344 e. The average molecular weight is 464 g/mol. The number of anilines is 1. The number of piperazine rings is 1. The molecule has 0 saturated carbocycles. The molecule has 4 aromatic rings. The maximum atomic E-state index is 12.6. The first-order valence-corrected chi connectivity index (χ1v) is 12.5. The number of amides is 1. The number of carbonyl (C=O) groups excluding carboxylic acids is 1. The van der Waals surface area contributed by atoms with Crippen LogP contribution in [0.2, 0.25) is 0 Å². The Morgan fingerprint density at radius 3 is 2.44 bits per heavy atom. The lowest BCUT2D eigenvalue weighted by atomic mass is 10.2. The van der Waals surface area contributed by atoms with Gasteiger partial charge in [0, 0.05) is 31.1 Å². The quantitative estimate of drug-likeness (QED) is 0.407. The number of hydrogen-bond donors (Lipinski definition) is 0. The molecule has 0 spiro atoms. The molecule has 1 saturated heterocycles. The van der Waals surface area contributed by atoms with Crippen molar-refractivity contribution in [1.82, 2.24) is 19.7 Å². The molecule has 5 rings (SSSR count). The minimum atomic E-state index is 0.202. The van der Waals surface area contributed by atoms with E-state index < -0.39 is 0 Å². The standard InChI is InChI=1S/C24H25N5OS2/c1-17-8-10-19(11-9-17)29-23-22(18(2)26-29)32-24(25-23)28-14-12-27(13-15-28)21(30)16-31-20-6-4-3-5-7-20/h3-11H,12-16H2,1-2H3. The van der Waals surface area contributed by atoms with Gasteiger partial charge < -0.3 is 9.80 Å². The molecule has 3 heterocycles. The van der Waals surface area contributed by atoms with Crippen LogP contribution in [0.4, 0.5) is 5.13 Å². The number of aryl methyl sites for hydroxylation is 2. The zero-order chi connectivity index (χ0) is 22.1. The fourth-order valence-corrected chi connectivity index (χ4v) is 5.69. The molecule has 2 aromatic heterocycles. The van der Waals surface area contributed by atoms with E-state index in [0.717, 1.165) is 57.9 Å². The van der Waals surface area contributed by atoms with Crippen LogP contribution >= 0.6 is 23.1 Å². The number of carbonyl (C=O) groups is 1. The van der Waals surface area contributed by atoms with E-state index in [-0.39, 0.29) is 5.91 Å². The Kier molecular flexibility index (Phi) is 5.89. The normalized spacial score (nSPS) is 14.3. The van der Waals surface area contributed by atoms with E-state index in [9.17, 15) is 4.79 Å². The second-order valence-corrected chi connectivity index (χ2v) is 9.98. The molecule has 1 aliphatic rings. The van der Waals surface area contributed by atoms with Crippen LogP contribution in [0.25, 0.3) is 16.0 Å². The molecule has 164 valence electrons. The highest BCUT2D eigenvalue weighted by Crippen LogP contribution is 2.33. The van der Waals surface area contributed by atoms with Crippen LogP contribution in [-0.4, -0.2) is 57.5 Å². The second-order valence-electron chi connectivity index (χ2n) is 7.95. The Morgan fingerprint density at radius 1 is 1.00 bits per heavy atom. The average Bonchev–Trinajstić information content (AvgIpc) is 3.39. The number of hydrogen-bond acceptors (Lipinski definition) is 6. The van der Waals surface area contributed by atoms with Crippen LogP contribution in [0.15, 0.2) is 59.5 Å². The molecular formula is C24H25N5OS2. The Balaban J connectivity index is 1.25. The van der Waals surface area contributed by atoms with Crippen molar-refractivity contribution in [2.24, 2.45) is 0 Å². The Bertz CT molecular complexity index is 1220. The summed E-state index contributed by atoms with van der Waals surface area (Å²) >= 11 is 3.29. The summed E-state index contributed by atoms with van der Waals surface area (Å²) in [6.45, 7) is 7.18. The summed E-state index contributed by atoms with van der Waals surface area (Å²) < 4.78 is 3.06. The number of benzene rings is 2. The van der Waals surface area contributed by atoms with E-state index in [1.807, 2.05) is 46.8 Å². The highest BCUT2D eigenvalue weighted by Gasteiger charge is 2.24. The van der Waals surface area contributed by atoms with E-state index >= 15 is 0 Å². The monoisotopic (exact) mass is 463 g/mol. The van der Waals surface area contributed by atoms with Gasteiger partial charge in [-0.2, -0.15) is 10.1 Å². The first kappa shape index (κ1) is 21.0. The van der Waals surface area contributed by atoms with Gasteiger partial charge in [0.2, 0.25) is 5.91 Å². The number of thioether (sulfide) groups is 1. The predicted molar refractivity (Wildman–Crippen MR) is 132 cm³/mol. The first-order chi connectivity index (χ1) is 15.6. The summed E-state index contributed by atoms with van der Waals surface area (Å²) in [7, 11) is 0. The van der Waals surface area contributed by atoms with Gasteiger partial charge in [0.15, 0.2) is 10.8 Å². The number of nitrogens with zero attached hydrogens (tertiary/aromatic N) is 5. The van der Waals surface area contributed by atoms with Crippen molar-refractivity contribution in [2.75, 3.05) is 36.8 Å². The molecule has 2 aromatic carbocycles. The van der Waals surface area contributed by atoms with Gasteiger partial charge in [-0.1, -0.05) is 47.2 Å². The third kappa shape index (κ3) is 4.25. The largest absolute Gasteiger partial charge is 0.344 e. The number of aromatic nitrogens is 3. The van der Waals surface area contributed by atoms with Gasteiger partial charge in [0.25, 0.3) is 0 Å². The summed E-state index contributed by atoms with van der Waals surface area (Å²) in [5, 5.41) is 5.71. The molecule has 0 aliphatic carbocycles. The Labute approximate surface area is 195 Å². The lowest BCUT2D eigenvalue weighted by Crippen LogP contribution is -2.49. The van der Waals surface area contributed by atoms with Crippen molar-refractivity contribution in [3.8, 4) is 5.69 Å². The van der Waals surface area contributed by atoms with Gasteiger partial charge in [0.1, 0.15) is 0 Å². The van der Waals surface area contributed by atoms with Crippen molar-refractivity contribution >= 4 is 44.5 Å². The van der Waals surface area contributed by atoms with Crippen LogP contribution in [-0.2, 0) is 4.79 Å². The molecule has 0 radical (unpaired) electrons. The molecule has 1 fully saturated rings. The van der Waals surface area contributed by atoms with Crippen molar-refractivity contribution in [1.29, 1.82) is 0 Å². The van der Waals surface area contributed by atoms with Crippen LogP contribution < -0.4 is 4.90 Å². The van der Waals surface area contributed by atoms with Crippen molar-refractivity contribution in [3.63, 3.8) is 0 Å². The fourth-order valence-electron chi connectivity index (χ4n) is 3.82. The third-order valence-electron chi connectivity index (χ3n) is 5.66. The highest BCUT2D eigenvalue weighted by molar-refractivity contribution is 8.00. The van der Waals surface area contributed by atoms with Gasteiger partial charge >= 0.3 is 0 Å². The van der Waals surface area contributed by atoms with E-state index in [2.05, 4.69) is 36.1 Å². The molecule has 0 N–H and O–H groups in total. The molecule has 1 amide bonds. The zero-order valence-electron chi connectivity index (χ0n) is 18.2. The van der Waals surface area contributed by atoms with Crippen molar-refractivity contribution in [2.45, 2.75) is 18.7 Å². The van der Waals surface area contributed by atoms with Crippen LogP contribution in [0.5, 0.6) is 0 Å². The van der Waals surface area contributed by atoms with E-state index in [0.29, 0.717) is 5.75 Å². The maximum absolute atomic E-state index is 12.6. The van der Waals surface area contributed by atoms with E-state index in [1.165, 1.54) is 5.56 Å². The summed E-state index contributed by atoms with van der Waals surface area (Å²) in [5.74, 6) is 0.685. The van der Waals surface area contributed by atoms with Crippen LogP contribution in [0, 0.1) is 13.8 Å². The van der Waals surface area contributed by atoms with Crippen LogP contribution in [0.1, 0.15) is 11.3 Å². The van der Waals surface area contributed by atoms with Gasteiger partial charge in [0.05, 0.1) is 21.8 Å². The van der Waals surface area contributed by atoms with Crippen LogP contribution in [0.3, 0.4) is 0 Å². The Hall–Kier alpha value is -2.84. The van der Waals surface area contributed by atoms with Gasteiger partial charge in [-0.25, -0.2) is 4.68 Å². The molecule has 32 heavy (non-hydrogen) atoms. The summed E-state index contributed by atoms with van der Waals surface area (Å²) in [5.41, 5.74) is 4.15. The highest BCUT2D eigenvalue weighted by atomic mass is 32.2. The van der Waals surface area contributed by atoms with Crippen molar-refractivity contribution < 1.29 is 4.79 Å². The molecule has 0 bridgehead atoms. The summed E-state index contributed by atoms with van der Waals surface area (Å²) in [6.07, 6.45) is 0. The topological polar surface area (TPSA) is 54.3 Å². The first-order valence-electron chi connectivity index (χ1n) is 10.7.